The molecule has 23 heavy (non-hydrogen) atoms. The number of hydrogen-bond acceptors (Lipinski definition) is 4. The van der Waals surface area contributed by atoms with Crippen LogP contribution in [-0.2, 0) is 19.4 Å². The van der Waals surface area contributed by atoms with E-state index < -0.39 is 0 Å². The molecule has 4 nitrogen and oxygen atoms in total. The van der Waals surface area contributed by atoms with E-state index in [-0.39, 0.29) is 5.91 Å². The van der Waals surface area contributed by atoms with Crippen LogP contribution in [0, 0.1) is 0 Å². The Morgan fingerprint density at radius 3 is 2.96 bits per heavy atom. The molecule has 1 aromatic heterocycles. The minimum Gasteiger partial charge on any atom is -0.496 e. The topological polar surface area (TPSA) is 41.6 Å². The molecule has 0 bridgehead atoms. The maximum Gasteiger partial charge on any atom is 0.258 e. The molecule has 0 saturated heterocycles. The van der Waals surface area contributed by atoms with Gasteiger partial charge < -0.3 is 15.0 Å². The monoisotopic (exact) mass is 328 g/mol. The van der Waals surface area contributed by atoms with E-state index in [1.54, 1.807) is 18.4 Å². The molecule has 0 radical (unpaired) electrons. The Morgan fingerprint density at radius 1 is 1.26 bits per heavy atom. The molecule has 2 aromatic rings. The maximum atomic E-state index is 13.0. The quantitative estimate of drug-likeness (QED) is 0.935. The third-order valence-electron chi connectivity index (χ3n) is 4.66. The van der Waals surface area contributed by atoms with Crippen LogP contribution in [0.5, 0.6) is 5.75 Å². The molecule has 0 unspecified atom stereocenters. The average molecular weight is 328 g/mol. The summed E-state index contributed by atoms with van der Waals surface area (Å²) in [7, 11) is 1.67. The van der Waals surface area contributed by atoms with Crippen LogP contribution in [0.1, 0.15) is 39.2 Å². The minimum absolute atomic E-state index is 0.157. The number of amides is 1. The predicted octanol–water partition coefficient (Wildman–Crippen LogP) is 3.66. The SMILES string of the molecule is COc1ccccc1CN1CNc2sc3c(c2C1=O)CCCC3. The summed E-state index contributed by atoms with van der Waals surface area (Å²) >= 11 is 1.77. The van der Waals surface area contributed by atoms with Crippen molar-refractivity contribution in [3.63, 3.8) is 0 Å². The first-order valence-corrected chi connectivity index (χ1v) is 8.89. The number of anilines is 1. The van der Waals surface area contributed by atoms with E-state index in [0.29, 0.717) is 13.2 Å². The van der Waals surface area contributed by atoms with Gasteiger partial charge in [0.05, 0.1) is 25.9 Å². The van der Waals surface area contributed by atoms with Crippen LogP contribution < -0.4 is 10.1 Å². The van der Waals surface area contributed by atoms with Crippen LogP contribution >= 0.6 is 11.3 Å². The van der Waals surface area contributed by atoms with E-state index in [2.05, 4.69) is 5.32 Å². The van der Waals surface area contributed by atoms with E-state index >= 15 is 0 Å². The molecule has 1 amide bonds. The molecule has 5 heteroatoms. The first-order chi connectivity index (χ1) is 11.3. The summed E-state index contributed by atoms with van der Waals surface area (Å²) in [6.45, 7) is 1.13. The van der Waals surface area contributed by atoms with Gasteiger partial charge in [-0.05, 0) is 37.3 Å². The lowest BCUT2D eigenvalue weighted by Crippen LogP contribution is -2.39. The second-order valence-electron chi connectivity index (χ2n) is 6.06. The highest BCUT2D eigenvalue weighted by molar-refractivity contribution is 7.16. The van der Waals surface area contributed by atoms with Gasteiger partial charge in [0.2, 0.25) is 0 Å². The summed E-state index contributed by atoms with van der Waals surface area (Å²) in [5.74, 6) is 0.988. The summed E-state index contributed by atoms with van der Waals surface area (Å²) in [5.41, 5.74) is 3.25. The molecular formula is C18H20N2O2S. The fourth-order valence-corrected chi connectivity index (χ4v) is 4.75. The van der Waals surface area contributed by atoms with Crippen LogP contribution in [0.3, 0.4) is 0 Å². The highest BCUT2D eigenvalue weighted by Crippen LogP contribution is 2.40. The second-order valence-corrected chi connectivity index (χ2v) is 7.17. The summed E-state index contributed by atoms with van der Waals surface area (Å²) in [6, 6.07) is 7.89. The number of nitrogens with one attached hydrogen (secondary N) is 1. The van der Waals surface area contributed by atoms with Crippen LogP contribution in [-0.4, -0.2) is 24.6 Å². The third-order valence-corrected chi connectivity index (χ3v) is 5.91. The number of thiophene rings is 1. The van der Waals surface area contributed by atoms with E-state index in [1.807, 2.05) is 29.2 Å². The fraction of sp³-hybridized carbons (Fsp3) is 0.389. The molecule has 1 aromatic carbocycles. The van der Waals surface area contributed by atoms with Crippen LogP contribution in [0.2, 0.25) is 0 Å². The molecule has 1 aliphatic carbocycles. The van der Waals surface area contributed by atoms with E-state index in [1.165, 1.54) is 23.3 Å². The van der Waals surface area contributed by atoms with Gasteiger partial charge in [0.15, 0.2) is 0 Å². The van der Waals surface area contributed by atoms with Gasteiger partial charge in [-0.15, -0.1) is 11.3 Å². The number of rotatable bonds is 3. The lowest BCUT2D eigenvalue weighted by atomic mass is 9.94. The standard InChI is InChI=1S/C18H20N2O2S/c1-22-14-8-4-2-6-12(14)10-20-11-19-17-16(18(20)21)13-7-3-5-9-15(13)23-17/h2,4,6,8,19H,3,5,7,9-11H2,1H3. The number of benzene rings is 1. The molecule has 0 saturated carbocycles. The number of fused-ring (bicyclic) bond motifs is 3. The van der Waals surface area contributed by atoms with E-state index in [9.17, 15) is 4.79 Å². The smallest absolute Gasteiger partial charge is 0.258 e. The van der Waals surface area contributed by atoms with Crippen molar-refractivity contribution in [3.05, 3.63) is 45.8 Å². The van der Waals surface area contributed by atoms with Crippen molar-refractivity contribution in [2.24, 2.45) is 0 Å². The van der Waals surface area contributed by atoms with Crippen LogP contribution in [0.25, 0.3) is 0 Å². The zero-order valence-electron chi connectivity index (χ0n) is 13.2. The van der Waals surface area contributed by atoms with Crippen LogP contribution in [0.4, 0.5) is 5.00 Å². The van der Waals surface area contributed by atoms with Gasteiger partial charge in [-0.3, -0.25) is 4.79 Å². The first-order valence-electron chi connectivity index (χ1n) is 8.07. The number of carbonyl (C=O) groups is 1. The summed E-state index contributed by atoms with van der Waals surface area (Å²) in [5, 5.41) is 4.51. The predicted molar refractivity (Wildman–Crippen MR) is 92.3 cm³/mol. The summed E-state index contributed by atoms with van der Waals surface area (Å²) < 4.78 is 5.41. The fourth-order valence-electron chi connectivity index (χ4n) is 3.48. The lowest BCUT2D eigenvalue weighted by Gasteiger charge is -2.29. The van der Waals surface area contributed by atoms with Crippen molar-refractivity contribution >= 4 is 22.2 Å². The molecule has 2 aliphatic rings. The Balaban J connectivity index is 1.63. The molecule has 4 rings (SSSR count). The van der Waals surface area contributed by atoms with E-state index in [0.717, 1.165) is 34.7 Å². The zero-order valence-corrected chi connectivity index (χ0v) is 14.0. The first kappa shape index (κ1) is 14.6. The Kier molecular flexibility index (Phi) is 3.73. The summed E-state index contributed by atoms with van der Waals surface area (Å²) in [4.78, 5) is 16.3. The molecule has 2 heterocycles. The Labute approximate surface area is 140 Å². The molecule has 0 fully saturated rings. The van der Waals surface area contributed by atoms with Gasteiger partial charge in [-0.2, -0.15) is 0 Å². The van der Waals surface area contributed by atoms with Crippen molar-refractivity contribution in [3.8, 4) is 5.75 Å². The third kappa shape index (κ3) is 2.49. The largest absolute Gasteiger partial charge is 0.496 e. The average Bonchev–Trinajstić information content (AvgIpc) is 2.97. The van der Waals surface area contributed by atoms with Crippen LogP contribution in [0.15, 0.2) is 24.3 Å². The second kappa shape index (κ2) is 5.89. The highest BCUT2D eigenvalue weighted by Gasteiger charge is 2.32. The molecule has 1 N–H and O–H groups in total. The van der Waals surface area contributed by atoms with Crippen molar-refractivity contribution in [1.29, 1.82) is 0 Å². The number of aryl methyl sites for hydroxylation is 1. The van der Waals surface area contributed by atoms with Gasteiger partial charge in [0.1, 0.15) is 10.8 Å². The number of para-hydroxylation sites is 1. The van der Waals surface area contributed by atoms with Crippen molar-refractivity contribution < 1.29 is 9.53 Å². The molecule has 120 valence electrons. The Hall–Kier alpha value is -2.01. The van der Waals surface area contributed by atoms with Gasteiger partial charge in [0.25, 0.3) is 5.91 Å². The van der Waals surface area contributed by atoms with Crippen molar-refractivity contribution in [1.82, 2.24) is 4.90 Å². The molecule has 1 aliphatic heterocycles. The Bertz CT molecular complexity index is 753. The van der Waals surface area contributed by atoms with Crippen molar-refractivity contribution in [2.45, 2.75) is 32.2 Å². The lowest BCUT2D eigenvalue weighted by molar-refractivity contribution is 0.0745. The van der Waals surface area contributed by atoms with Gasteiger partial charge >= 0.3 is 0 Å². The van der Waals surface area contributed by atoms with E-state index in [4.69, 9.17) is 4.74 Å². The molecular weight excluding hydrogens is 308 g/mol. The van der Waals surface area contributed by atoms with Gasteiger partial charge in [-0.25, -0.2) is 0 Å². The normalized spacial score (nSPS) is 16.6. The number of ether oxygens (including phenoxy) is 1. The molecule has 0 spiro atoms. The highest BCUT2D eigenvalue weighted by atomic mass is 32.1. The Morgan fingerprint density at radius 2 is 2.09 bits per heavy atom. The van der Waals surface area contributed by atoms with Gasteiger partial charge in [-0.1, -0.05) is 18.2 Å². The van der Waals surface area contributed by atoms with Gasteiger partial charge in [0, 0.05) is 10.4 Å². The zero-order chi connectivity index (χ0) is 15.8. The maximum absolute atomic E-state index is 13.0. The van der Waals surface area contributed by atoms with Crippen molar-refractivity contribution in [2.75, 3.05) is 19.1 Å². The molecule has 0 atom stereocenters. The summed E-state index contributed by atoms with van der Waals surface area (Å²) in [6.07, 6.45) is 4.59. The number of hydrogen-bond donors (Lipinski definition) is 1. The number of methoxy groups -OCH3 is 1. The number of nitrogens with zero attached hydrogens (tertiary/aromatic N) is 1. The number of carbonyl (C=O) groups excluding carboxylic acids is 1. The minimum atomic E-state index is 0.157.